The molecular weight excluding hydrogens is 405 g/mol. The third-order valence-corrected chi connectivity index (χ3v) is 7.18. The lowest BCUT2D eigenvalue weighted by atomic mass is 9.87. The molecule has 2 aromatic carbocycles. The number of sulfone groups is 1. The molecule has 30 heavy (non-hydrogen) atoms. The van der Waals surface area contributed by atoms with Gasteiger partial charge in [0.1, 0.15) is 17.4 Å². The first kappa shape index (κ1) is 20.0. The zero-order chi connectivity index (χ0) is 21.5. The summed E-state index contributed by atoms with van der Waals surface area (Å²) < 4.78 is 44.9. The van der Waals surface area contributed by atoms with Gasteiger partial charge in [-0.2, -0.15) is 5.26 Å². The molecule has 6 nitrogen and oxygen atoms in total. The molecule has 2 N–H and O–H groups in total. The average molecular weight is 425 g/mol. The Morgan fingerprint density at radius 3 is 2.47 bits per heavy atom. The van der Waals surface area contributed by atoms with Crippen molar-refractivity contribution in [1.82, 2.24) is 0 Å². The number of nitrogens with two attached hydrogens (primary N) is 1. The minimum absolute atomic E-state index is 0.0606. The van der Waals surface area contributed by atoms with Gasteiger partial charge in [0.25, 0.3) is 0 Å². The topological polar surface area (TPSA) is 96.4 Å². The van der Waals surface area contributed by atoms with Crippen molar-refractivity contribution < 1.29 is 17.5 Å². The maximum atomic E-state index is 13.4. The standard InChI is InChI=1S/C22H20FN3O3S/c1-2-29-17-9-3-14(4-10-17)20-18(13-24)22(25)26(16-7-5-15(23)6-8-16)19-11-12-30(27,28)21(19)20/h3-10,20H,2,11-12,25H2,1H3. The number of nitriles is 1. The van der Waals surface area contributed by atoms with Crippen LogP contribution in [-0.4, -0.2) is 20.8 Å². The molecule has 0 aromatic heterocycles. The van der Waals surface area contributed by atoms with Crippen molar-refractivity contribution in [1.29, 1.82) is 5.26 Å². The van der Waals surface area contributed by atoms with Crippen molar-refractivity contribution in [3.8, 4) is 11.8 Å². The van der Waals surface area contributed by atoms with E-state index in [9.17, 15) is 18.1 Å². The second kappa shape index (κ2) is 7.50. The van der Waals surface area contributed by atoms with E-state index < -0.39 is 21.6 Å². The Balaban J connectivity index is 1.91. The number of ether oxygens (including phenoxy) is 1. The predicted molar refractivity (Wildman–Crippen MR) is 111 cm³/mol. The quantitative estimate of drug-likeness (QED) is 0.805. The van der Waals surface area contributed by atoms with E-state index in [1.165, 1.54) is 24.3 Å². The van der Waals surface area contributed by atoms with E-state index in [-0.39, 0.29) is 28.5 Å². The van der Waals surface area contributed by atoms with E-state index in [4.69, 9.17) is 10.5 Å². The lowest BCUT2D eigenvalue weighted by Crippen LogP contribution is -2.34. The molecule has 0 saturated heterocycles. The number of benzene rings is 2. The number of rotatable bonds is 4. The first-order valence-electron chi connectivity index (χ1n) is 9.51. The third kappa shape index (κ3) is 3.21. The van der Waals surface area contributed by atoms with Crippen LogP contribution in [0.5, 0.6) is 5.75 Å². The Morgan fingerprint density at radius 2 is 1.87 bits per heavy atom. The summed E-state index contributed by atoms with van der Waals surface area (Å²) in [6, 6.07) is 14.7. The molecule has 0 bridgehead atoms. The number of hydrogen-bond donors (Lipinski definition) is 1. The minimum Gasteiger partial charge on any atom is -0.494 e. The van der Waals surface area contributed by atoms with Gasteiger partial charge in [-0.1, -0.05) is 12.1 Å². The second-order valence-corrected chi connectivity index (χ2v) is 9.11. The molecule has 2 heterocycles. The summed E-state index contributed by atoms with van der Waals surface area (Å²) in [6.45, 7) is 2.38. The third-order valence-electron chi connectivity index (χ3n) is 5.29. The van der Waals surface area contributed by atoms with Crippen LogP contribution in [-0.2, 0) is 9.84 Å². The summed E-state index contributed by atoms with van der Waals surface area (Å²) in [6.07, 6.45) is 0.266. The van der Waals surface area contributed by atoms with Crippen molar-refractivity contribution in [2.75, 3.05) is 17.3 Å². The average Bonchev–Trinajstić information content (AvgIpc) is 3.04. The molecule has 2 aromatic rings. The van der Waals surface area contributed by atoms with Gasteiger partial charge in [0.15, 0.2) is 9.84 Å². The van der Waals surface area contributed by atoms with Gasteiger partial charge in [-0.25, -0.2) is 12.8 Å². The van der Waals surface area contributed by atoms with Gasteiger partial charge in [-0.3, -0.25) is 4.90 Å². The summed E-state index contributed by atoms with van der Waals surface area (Å²) in [5.74, 6) is -0.457. The number of halogens is 1. The van der Waals surface area contributed by atoms with Crippen LogP contribution in [0.15, 0.2) is 70.5 Å². The molecule has 0 amide bonds. The second-order valence-electron chi connectivity index (χ2n) is 7.04. The smallest absolute Gasteiger partial charge is 0.177 e. The number of nitrogens with zero attached hydrogens (tertiary/aromatic N) is 2. The normalized spacial score (nSPS) is 20.2. The summed E-state index contributed by atoms with van der Waals surface area (Å²) in [5.41, 5.74) is 8.22. The van der Waals surface area contributed by atoms with E-state index in [0.29, 0.717) is 29.3 Å². The summed E-state index contributed by atoms with van der Waals surface area (Å²) in [5, 5.41) is 9.91. The van der Waals surface area contributed by atoms with E-state index in [2.05, 4.69) is 6.07 Å². The van der Waals surface area contributed by atoms with Gasteiger partial charge in [-0.05, 0) is 48.9 Å². The molecule has 0 saturated carbocycles. The van der Waals surface area contributed by atoms with E-state index in [1.54, 1.807) is 29.2 Å². The van der Waals surface area contributed by atoms with Crippen LogP contribution in [0.4, 0.5) is 10.1 Å². The number of allylic oxidation sites excluding steroid dienone is 3. The van der Waals surface area contributed by atoms with Crippen molar-refractivity contribution in [2.45, 2.75) is 19.3 Å². The van der Waals surface area contributed by atoms with Crippen LogP contribution in [0.2, 0.25) is 0 Å². The largest absolute Gasteiger partial charge is 0.494 e. The Bertz CT molecular complexity index is 1190. The highest BCUT2D eigenvalue weighted by Gasteiger charge is 2.45. The van der Waals surface area contributed by atoms with Gasteiger partial charge >= 0.3 is 0 Å². The summed E-state index contributed by atoms with van der Waals surface area (Å²) >= 11 is 0. The summed E-state index contributed by atoms with van der Waals surface area (Å²) in [4.78, 5) is 1.74. The monoisotopic (exact) mass is 425 g/mol. The molecule has 1 atom stereocenters. The molecule has 154 valence electrons. The highest BCUT2D eigenvalue weighted by atomic mass is 32.2. The molecule has 0 fully saturated rings. The van der Waals surface area contributed by atoms with Crippen molar-refractivity contribution in [3.63, 3.8) is 0 Å². The van der Waals surface area contributed by atoms with Gasteiger partial charge in [0.05, 0.1) is 34.8 Å². The van der Waals surface area contributed by atoms with Gasteiger partial charge in [0.2, 0.25) is 0 Å². The van der Waals surface area contributed by atoms with E-state index >= 15 is 0 Å². The zero-order valence-electron chi connectivity index (χ0n) is 16.3. The zero-order valence-corrected chi connectivity index (χ0v) is 17.1. The first-order valence-corrected chi connectivity index (χ1v) is 11.2. The maximum absolute atomic E-state index is 13.4. The predicted octanol–water partition coefficient (Wildman–Crippen LogP) is 3.55. The minimum atomic E-state index is -3.59. The van der Waals surface area contributed by atoms with Crippen molar-refractivity contribution in [2.24, 2.45) is 5.73 Å². The number of hydrogen-bond acceptors (Lipinski definition) is 6. The molecule has 1 unspecified atom stereocenters. The lowest BCUT2D eigenvalue weighted by Gasteiger charge is -2.35. The number of anilines is 1. The Kier molecular flexibility index (Phi) is 5.00. The Morgan fingerprint density at radius 1 is 1.20 bits per heavy atom. The SMILES string of the molecule is CCOc1ccc(C2C(C#N)=C(N)N(c3ccc(F)cc3)C3=C2S(=O)(=O)CC3)cc1. The molecule has 0 radical (unpaired) electrons. The summed E-state index contributed by atoms with van der Waals surface area (Å²) in [7, 11) is -3.59. The fraction of sp³-hybridized carbons (Fsp3) is 0.227. The van der Waals surface area contributed by atoms with Crippen LogP contribution in [0.25, 0.3) is 0 Å². The Hall–Kier alpha value is -3.31. The molecule has 0 aliphatic carbocycles. The highest BCUT2D eigenvalue weighted by Crippen LogP contribution is 2.48. The molecule has 0 spiro atoms. The van der Waals surface area contributed by atoms with Crippen LogP contribution in [0.1, 0.15) is 24.8 Å². The van der Waals surface area contributed by atoms with Gasteiger partial charge in [0, 0.05) is 17.8 Å². The van der Waals surface area contributed by atoms with Crippen LogP contribution in [0.3, 0.4) is 0 Å². The van der Waals surface area contributed by atoms with Crippen molar-refractivity contribution in [3.05, 3.63) is 81.9 Å². The van der Waals surface area contributed by atoms with E-state index in [0.717, 1.165) is 0 Å². The molecule has 4 rings (SSSR count). The fourth-order valence-electron chi connectivity index (χ4n) is 4.00. The molecule has 8 heteroatoms. The van der Waals surface area contributed by atoms with Crippen LogP contribution >= 0.6 is 0 Å². The van der Waals surface area contributed by atoms with Gasteiger partial charge < -0.3 is 10.5 Å². The van der Waals surface area contributed by atoms with Crippen molar-refractivity contribution >= 4 is 15.5 Å². The Labute approximate surface area is 174 Å². The molecular formula is C22H20FN3O3S. The first-order chi connectivity index (χ1) is 14.4. The highest BCUT2D eigenvalue weighted by molar-refractivity contribution is 7.95. The molecule has 2 aliphatic rings. The fourth-order valence-corrected chi connectivity index (χ4v) is 5.85. The van der Waals surface area contributed by atoms with Gasteiger partial charge in [-0.15, -0.1) is 0 Å². The lowest BCUT2D eigenvalue weighted by molar-refractivity contribution is 0.340. The van der Waals surface area contributed by atoms with Crippen LogP contribution < -0.4 is 15.4 Å². The van der Waals surface area contributed by atoms with E-state index in [1.807, 2.05) is 6.92 Å². The maximum Gasteiger partial charge on any atom is 0.177 e. The molecule has 2 aliphatic heterocycles. The van der Waals surface area contributed by atoms with Crippen LogP contribution in [0, 0.1) is 17.1 Å².